The average molecular weight is 404 g/mol. The van der Waals surface area contributed by atoms with Crippen LogP contribution in [0.5, 0.6) is 0 Å². The molecule has 1 aliphatic heterocycles. The Morgan fingerprint density at radius 2 is 1.93 bits per heavy atom. The Morgan fingerprint density at radius 3 is 2.54 bits per heavy atom. The molecule has 28 heavy (non-hydrogen) atoms. The zero-order valence-corrected chi connectivity index (χ0v) is 16.3. The normalized spacial score (nSPS) is 15.1. The average Bonchev–Trinajstić information content (AvgIpc) is 2.72. The van der Waals surface area contributed by atoms with E-state index < -0.39 is 4.92 Å². The number of morpholine rings is 1. The molecule has 1 saturated heterocycles. The van der Waals surface area contributed by atoms with Gasteiger partial charge in [0, 0.05) is 29.7 Å². The highest BCUT2D eigenvalue weighted by molar-refractivity contribution is 6.30. The third-order valence-electron chi connectivity index (χ3n) is 4.77. The molecule has 0 spiro atoms. The van der Waals surface area contributed by atoms with Gasteiger partial charge in [-0.1, -0.05) is 30.7 Å². The Labute approximate surface area is 168 Å². The van der Waals surface area contributed by atoms with Gasteiger partial charge in [-0.05, 0) is 36.2 Å². The lowest BCUT2D eigenvalue weighted by Crippen LogP contribution is -2.36. The Morgan fingerprint density at radius 1 is 1.25 bits per heavy atom. The summed E-state index contributed by atoms with van der Waals surface area (Å²) in [6.07, 6.45) is 0.682. The van der Waals surface area contributed by atoms with Gasteiger partial charge in [0.1, 0.15) is 5.69 Å². The van der Waals surface area contributed by atoms with E-state index in [9.17, 15) is 14.9 Å². The molecule has 7 nitrogen and oxygen atoms in total. The van der Waals surface area contributed by atoms with Crippen LogP contribution in [-0.2, 0) is 4.74 Å². The van der Waals surface area contributed by atoms with Crippen LogP contribution in [0.15, 0.2) is 42.5 Å². The molecule has 8 heteroatoms. The highest BCUT2D eigenvalue weighted by atomic mass is 35.5. The first kappa shape index (κ1) is 20.1. The van der Waals surface area contributed by atoms with Gasteiger partial charge in [0.25, 0.3) is 11.6 Å². The van der Waals surface area contributed by atoms with Crippen molar-refractivity contribution in [2.45, 2.75) is 19.4 Å². The standard InChI is InChI=1S/C20H22ClN3O4/c1-2-17(14-3-6-16(21)7-4-14)22-20(25)15-5-8-18(19(13-15)24(26)27)23-9-11-28-12-10-23/h3-8,13,17H,2,9-12H2,1H3,(H,22,25). The van der Waals surface area contributed by atoms with E-state index in [1.807, 2.05) is 24.0 Å². The summed E-state index contributed by atoms with van der Waals surface area (Å²) in [6, 6.07) is 11.7. The number of benzene rings is 2. The number of rotatable bonds is 6. The molecule has 0 bridgehead atoms. The quantitative estimate of drug-likeness (QED) is 0.582. The first-order valence-electron chi connectivity index (χ1n) is 9.17. The Kier molecular flexibility index (Phi) is 6.49. The van der Waals surface area contributed by atoms with Crippen LogP contribution in [0.2, 0.25) is 5.02 Å². The van der Waals surface area contributed by atoms with Crippen LogP contribution in [0.3, 0.4) is 0 Å². The molecule has 1 unspecified atom stereocenters. The van der Waals surface area contributed by atoms with E-state index in [1.54, 1.807) is 24.3 Å². The van der Waals surface area contributed by atoms with Gasteiger partial charge < -0.3 is 15.0 Å². The minimum absolute atomic E-state index is 0.0749. The first-order valence-corrected chi connectivity index (χ1v) is 9.55. The van der Waals surface area contributed by atoms with Crippen molar-refractivity contribution < 1.29 is 14.5 Å². The number of carbonyl (C=O) groups is 1. The maximum Gasteiger partial charge on any atom is 0.293 e. The summed E-state index contributed by atoms with van der Waals surface area (Å²) in [7, 11) is 0. The zero-order chi connectivity index (χ0) is 20.1. The molecular weight excluding hydrogens is 382 g/mol. The van der Waals surface area contributed by atoms with Crippen LogP contribution < -0.4 is 10.2 Å². The van der Waals surface area contributed by atoms with Gasteiger partial charge in [-0.15, -0.1) is 0 Å². The van der Waals surface area contributed by atoms with Crippen molar-refractivity contribution in [1.82, 2.24) is 5.32 Å². The number of nitro benzene ring substituents is 1. The highest BCUT2D eigenvalue weighted by Crippen LogP contribution is 2.30. The lowest BCUT2D eigenvalue weighted by atomic mass is 10.0. The summed E-state index contributed by atoms with van der Waals surface area (Å²) in [5.74, 6) is -0.349. The minimum Gasteiger partial charge on any atom is -0.378 e. The monoisotopic (exact) mass is 403 g/mol. The molecule has 0 saturated carbocycles. The van der Waals surface area contributed by atoms with Crippen molar-refractivity contribution in [3.63, 3.8) is 0 Å². The smallest absolute Gasteiger partial charge is 0.293 e. The van der Waals surface area contributed by atoms with Gasteiger partial charge in [-0.25, -0.2) is 0 Å². The second-order valence-corrected chi connectivity index (χ2v) is 6.98. The lowest BCUT2D eigenvalue weighted by Gasteiger charge is -2.28. The summed E-state index contributed by atoms with van der Waals surface area (Å²) in [4.78, 5) is 25.8. The molecule has 1 N–H and O–H groups in total. The van der Waals surface area contributed by atoms with E-state index in [4.69, 9.17) is 16.3 Å². The molecule has 0 radical (unpaired) electrons. The maximum atomic E-state index is 12.7. The molecular formula is C20H22ClN3O4. The van der Waals surface area contributed by atoms with Crippen LogP contribution in [0.4, 0.5) is 11.4 Å². The van der Waals surface area contributed by atoms with Crippen LogP contribution in [0.25, 0.3) is 0 Å². The summed E-state index contributed by atoms with van der Waals surface area (Å²) in [5.41, 5.74) is 1.62. The van der Waals surface area contributed by atoms with Gasteiger partial charge in [0.05, 0.1) is 24.2 Å². The van der Waals surface area contributed by atoms with Crippen molar-refractivity contribution in [2.24, 2.45) is 0 Å². The number of anilines is 1. The fourth-order valence-corrected chi connectivity index (χ4v) is 3.37. The van der Waals surface area contributed by atoms with Crippen LogP contribution in [0.1, 0.15) is 35.3 Å². The number of hydrogen-bond acceptors (Lipinski definition) is 5. The molecule has 2 aromatic carbocycles. The van der Waals surface area contributed by atoms with E-state index >= 15 is 0 Å². The summed E-state index contributed by atoms with van der Waals surface area (Å²) < 4.78 is 5.31. The number of nitro groups is 1. The fraction of sp³-hybridized carbons (Fsp3) is 0.350. The van der Waals surface area contributed by atoms with Crippen molar-refractivity contribution in [1.29, 1.82) is 0 Å². The van der Waals surface area contributed by atoms with Gasteiger partial charge in [-0.3, -0.25) is 14.9 Å². The predicted octanol–water partition coefficient (Wildman–Crippen LogP) is 3.97. The second kappa shape index (κ2) is 9.03. The predicted molar refractivity (Wildman–Crippen MR) is 108 cm³/mol. The van der Waals surface area contributed by atoms with Gasteiger partial charge in [0.15, 0.2) is 0 Å². The van der Waals surface area contributed by atoms with Gasteiger partial charge in [-0.2, -0.15) is 0 Å². The van der Waals surface area contributed by atoms with E-state index in [0.717, 1.165) is 5.56 Å². The van der Waals surface area contributed by atoms with E-state index in [0.29, 0.717) is 43.4 Å². The van der Waals surface area contributed by atoms with Crippen molar-refractivity contribution in [3.05, 3.63) is 68.7 Å². The Balaban J connectivity index is 1.81. The Bertz CT molecular complexity index is 851. The molecule has 148 valence electrons. The highest BCUT2D eigenvalue weighted by Gasteiger charge is 2.24. The molecule has 3 rings (SSSR count). The molecule has 0 aliphatic carbocycles. The van der Waals surface area contributed by atoms with E-state index in [1.165, 1.54) is 6.07 Å². The second-order valence-electron chi connectivity index (χ2n) is 6.55. The summed E-state index contributed by atoms with van der Waals surface area (Å²) in [5, 5.41) is 15.1. The molecule has 1 heterocycles. The number of hydrogen-bond donors (Lipinski definition) is 1. The number of nitrogens with one attached hydrogen (secondary N) is 1. The third kappa shape index (κ3) is 4.61. The number of ether oxygens (including phenoxy) is 1. The van der Waals surface area contributed by atoms with E-state index in [2.05, 4.69) is 5.32 Å². The fourth-order valence-electron chi connectivity index (χ4n) is 3.24. The number of carbonyl (C=O) groups excluding carboxylic acids is 1. The third-order valence-corrected chi connectivity index (χ3v) is 5.02. The Hall–Kier alpha value is -2.64. The molecule has 1 atom stereocenters. The first-order chi connectivity index (χ1) is 13.5. The van der Waals surface area contributed by atoms with Crippen LogP contribution in [-0.4, -0.2) is 37.1 Å². The molecule has 1 amide bonds. The largest absolute Gasteiger partial charge is 0.378 e. The summed E-state index contributed by atoms with van der Waals surface area (Å²) in [6.45, 7) is 4.18. The van der Waals surface area contributed by atoms with Crippen molar-refractivity contribution >= 4 is 28.9 Å². The minimum atomic E-state index is -0.446. The lowest BCUT2D eigenvalue weighted by molar-refractivity contribution is -0.384. The van der Waals surface area contributed by atoms with Crippen molar-refractivity contribution in [2.75, 3.05) is 31.2 Å². The van der Waals surface area contributed by atoms with Crippen molar-refractivity contribution in [3.8, 4) is 0 Å². The number of amides is 1. The van der Waals surface area contributed by atoms with E-state index in [-0.39, 0.29) is 23.2 Å². The van der Waals surface area contributed by atoms with Gasteiger partial charge in [0.2, 0.25) is 0 Å². The molecule has 0 aromatic heterocycles. The summed E-state index contributed by atoms with van der Waals surface area (Å²) >= 11 is 5.92. The SMILES string of the molecule is CCC(NC(=O)c1ccc(N2CCOCC2)c([N+](=O)[O-])c1)c1ccc(Cl)cc1. The van der Waals surface area contributed by atoms with Gasteiger partial charge >= 0.3 is 0 Å². The zero-order valence-electron chi connectivity index (χ0n) is 15.6. The maximum absolute atomic E-state index is 12.7. The van der Waals surface area contributed by atoms with Crippen LogP contribution >= 0.6 is 11.6 Å². The molecule has 1 aliphatic rings. The topological polar surface area (TPSA) is 84.7 Å². The molecule has 2 aromatic rings. The van der Waals surface area contributed by atoms with Crippen LogP contribution in [0, 0.1) is 10.1 Å². The number of nitrogens with zero attached hydrogens (tertiary/aromatic N) is 2. The molecule has 1 fully saturated rings. The number of halogens is 1.